The Morgan fingerprint density at radius 1 is 0.875 bits per heavy atom. The minimum Gasteiger partial charge on any atom is -0.339 e. The van der Waals surface area contributed by atoms with Crippen molar-refractivity contribution in [1.82, 2.24) is 9.21 Å². The molecule has 2 fully saturated rings. The van der Waals surface area contributed by atoms with Crippen LogP contribution in [-0.4, -0.2) is 55.1 Å². The van der Waals surface area contributed by atoms with Crippen LogP contribution in [0.5, 0.6) is 0 Å². The molecule has 0 radical (unpaired) electrons. The van der Waals surface area contributed by atoms with E-state index in [-0.39, 0.29) is 17.3 Å². The van der Waals surface area contributed by atoms with Gasteiger partial charge in [-0.3, -0.25) is 9.59 Å². The number of nitrogens with zero attached hydrogens (tertiary/aromatic N) is 2. The van der Waals surface area contributed by atoms with Crippen LogP contribution in [0.4, 0.5) is 10.1 Å². The number of likely N-dealkylation sites (tertiary alicyclic amines) is 1. The quantitative estimate of drug-likeness (QED) is 0.744. The molecule has 0 saturated carbocycles. The number of hydrogen-bond acceptors (Lipinski definition) is 4. The second kappa shape index (κ2) is 9.38. The number of sulfonamides is 1. The number of amides is 2. The van der Waals surface area contributed by atoms with Gasteiger partial charge in [-0.2, -0.15) is 4.31 Å². The van der Waals surface area contributed by atoms with Gasteiger partial charge in [-0.05, 0) is 80.6 Å². The van der Waals surface area contributed by atoms with Crippen molar-refractivity contribution >= 4 is 27.5 Å². The first-order valence-electron chi connectivity index (χ1n) is 10.8. The van der Waals surface area contributed by atoms with E-state index in [0.29, 0.717) is 24.1 Å². The first-order chi connectivity index (χ1) is 15.4. The average molecular weight is 460 g/mol. The Hall–Kier alpha value is -2.78. The van der Waals surface area contributed by atoms with Gasteiger partial charge in [0.2, 0.25) is 15.9 Å². The van der Waals surface area contributed by atoms with Crippen molar-refractivity contribution in [1.29, 1.82) is 0 Å². The van der Waals surface area contributed by atoms with Gasteiger partial charge in [0.05, 0.1) is 4.90 Å². The number of hydrogen-bond donors (Lipinski definition) is 1. The van der Waals surface area contributed by atoms with Gasteiger partial charge in [0.25, 0.3) is 5.91 Å². The zero-order valence-electron chi connectivity index (χ0n) is 17.7. The summed E-state index contributed by atoms with van der Waals surface area (Å²) in [5.41, 5.74) is 1.06. The molecule has 0 spiro atoms. The normalized spacial score (nSPS) is 19.7. The molecule has 2 heterocycles. The topological polar surface area (TPSA) is 86.8 Å². The van der Waals surface area contributed by atoms with Crippen molar-refractivity contribution in [3.8, 4) is 0 Å². The second-order valence-electron chi connectivity index (χ2n) is 8.15. The molecule has 0 bridgehead atoms. The Morgan fingerprint density at radius 3 is 2.19 bits per heavy atom. The van der Waals surface area contributed by atoms with Crippen LogP contribution in [-0.2, 0) is 14.8 Å². The van der Waals surface area contributed by atoms with Crippen LogP contribution >= 0.6 is 0 Å². The highest BCUT2D eigenvalue weighted by molar-refractivity contribution is 7.89. The number of rotatable bonds is 5. The molecule has 2 aliphatic rings. The van der Waals surface area contributed by atoms with Crippen LogP contribution in [0.3, 0.4) is 0 Å². The van der Waals surface area contributed by atoms with Crippen molar-refractivity contribution in [3.63, 3.8) is 0 Å². The Labute approximate surface area is 187 Å². The van der Waals surface area contributed by atoms with Crippen LogP contribution in [0.2, 0.25) is 0 Å². The Kier molecular flexibility index (Phi) is 6.57. The number of halogens is 1. The van der Waals surface area contributed by atoms with E-state index >= 15 is 0 Å². The van der Waals surface area contributed by atoms with Crippen molar-refractivity contribution in [2.24, 2.45) is 0 Å². The fraction of sp³-hybridized carbons (Fsp3) is 0.391. The van der Waals surface area contributed by atoms with Crippen LogP contribution in [0.15, 0.2) is 53.4 Å². The molecule has 1 atom stereocenters. The Bertz CT molecular complexity index is 1080. The maximum atomic E-state index is 13.2. The van der Waals surface area contributed by atoms with E-state index in [1.165, 1.54) is 16.4 Å². The van der Waals surface area contributed by atoms with Gasteiger partial charge in [0.15, 0.2) is 0 Å². The lowest BCUT2D eigenvalue weighted by Gasteiger charge is -2.26. The molecular weight excluding hydrogens is 433 g/mol. The molecule has 2 aromatic rings. The van der Waals surface area contributed by atoms with Gasteiger partial charge in [-0.1, -0.05) is 0 Å². The maximum absolute atomic E-state index is 13.2. The van der Waals surface area contributed by atoms with E-state index in [1.807, 2.05) is 4.90 Å². The molecular formula is C23H26FN3O4S. The molecule has 2 aliphatic heterocycles. The molecule has 9 heteroatoms. The van der Waals surface area contributed by atoms with Gasteiger partial charge in [-0.15, -0.1) is 0 Å². The summed E-state index contributed by atoms with van der Waals surface area (Å²) in [6.07, 6.45) is 4.13. The summed E-state index contributed by atoms with van der Waals surface area (Å²) >= 11 is 0. The number of carbonyl (C=O) groups is 2. The molecule has 1 N–H and O–H groups in total. The minimum absolute atomic E-state index is 0.0186. The van der Waals surface area contributed by atoms with Crippen LogP contribution < -0.4 is 5.32 Å². The van der Waals surface area contributed by atoms with Crippen LogP contribution in [0, 0.1) is 5.82 Å². The number of carbonyl (C=O) groups excluding carboxylic acids is 2. The maximum Gasteiger partial charge on any atom is 0.253 e. The summed E-state index contributed by atoms with van der Waals surface area (Å²) in [5.74, 6) is -0.972. The molecule has 2 saturated heterocycles. The molecule has 0 aromatic heterocycles. The third-order valence-electron chi connectivity index (χ3n) is 5.97. The average Bonchev–Trinajstić information content (AvgIpc) is 3.31. The molecule has 170 valence electrons. The van der Waals surface area contributed by atoms with Crippen LogP contribution in [0.1, 0.15) is 42.5 Å². The number of piperidine rings is 1. The van der Waals surface area contributed by atoms with Gasteiger partial charge < -0.3 is 10.2 Å². The minimum atomic E-state index is -3.92. The smallest absolute Gasteiger partial charge is 0.253 e. The Balaban J connectivity index is 1.43. The fourth-order valence-corrected chi connectivity index (χ4v) is 5.89. The van der Waals surface area contributed by atoms with E-state index in [9.17, 15) is 22.4 Å². The molecule has 2 amide bonds. The summed E-state index contributed by atoms with van der Waals surface area (Å²) in [6.45, 7) is 1.75. The monoisotopic (exact) mass is 459 g/mol. The third-order valence-corrected chi connectivity index (χ3v) is 7.89. The highest BCUT2D eigenvalue weighted by Gasteiger charge is 2.39. The predicted octanol–water partition coefficient (Wildman–Crippen LogP) is 3.24. The lowest BCUT2D eigenvalue weighted by atomic mass is 10.1. The van der Waals surface area contributed by atoms with Gasteiger partial charge in [-0.25, -0.2) is 12.8 Å². The number of anilines is 1. The first-order valence-corrected chi connectivity index (χ1v) is 12.3. The molecule has 7 nitrogen and oxygen atoms in total. The summed E-state index contributed by atoms with van der Waals surface area (Å²) < 4.78 is 40.3. The SMILES string of the molecule is O=C(Nc1ccc(C(=O)N2CCCCC2)cc1)C1CCCN1S(=O)(=O)c1ccc(F)cc1. The van der Waals surface area contributed by atoms with E-state index < -0.39 is 27.8 Å². The van der Waals surface area contributed by atoms with Crippen LogP contribution in [0.25, 0.3) is 0 Å². The van der Waals surface area contributed by atoms with Crippen molar-refractivity contribution in [2.45, 2.75) is 43.0 Å². The number of benzene rings is 2. The summed E-state index contributed by atoms with van der Waals surface area (Å²) in [4.78, 5) is 27.3. The predicted molar refractivity (Wildman–Crippen MR) is 118 cm³/mol. The molecule has 0 aliphatic carbocycles. The lowest BCUT2D eigenvalue weighted by Crippen LogP contribution is -2.43. The summed E-state index contributed by atoms with van der Waals surface area (Å²) in [7, 11) is -3.92. The zero-order valence-corrected chi connectivity index (χ0v) is 18.5. The summed E-state index contributed by atoms with van der Waals surface area (Å²) in [5, 5.41) is 2.76. The number of nitrogens with one attached hydrogen (secondary N) is 1. The van der Waals surface area contributed by atoms with E-state index in [4.69, 9.17) is 0 Å². The first kappa shape index (κ1) is 22.4. The van der Waals surface area contributed by atoms with Gasteiger partial charge in [0, 0.05) is 30.9 Å². The van der Waals surface area contributed by atoms with E-state index in [0.717, 1.165) is 44.5 Å². The highest BCUT2D eigenvalue weighted by Crippen LogP contribution is 2.27. The van der Waals surface area contributed by atoms with Gasteiger partial charge >= 0.3 is 0 Å². The summed E-state index contributed by atoms with van der Waals surface area (Å²) in [6, 6.07) is 10.4. The third kappa shape index (κ3) is 4.68. The molecule has 2 aromatic carbocycles. The van der Waals surface area contributed by atoms with E-state index in [1.54, 1.807) is 24.3 Å². The second-order valence-corrected chi connectivity index (χ2v) is 10.0. The largest absolute Gasteiger partial charge is 0.339 e. The van der Waals surface area contributed by atoms with Crippen molar-refractivity contribution in [2.75, 3.05) is 25.0 Å². The lowest BCUT2D eigenvalue weighted by molar-refractivity contribution is -0.119. The van der Waals surface area contributed by atoms with E-state index in [2.05, 4.69) is 5.32 Å². The van der Waals surface area contributed by atoms with Gasteiger partial charge in [0.1, 0.15) is 11.9 Å². The highest BCUT2D eigenvalue weighted by atomic mass is 32.2. The van der Waals surface area contributed by atoms with Crippen molar-refractivity contribution < 1.29 is 22.4 Å². The molecule has 32 heavy (non-hydrogen) atoms. The molecule has 4 rings (SSSR count). The standard InChI is InChI=1S/C23H26FN3O4S/c24-18-8-12-20(13-9-18)32(30,31)27-16-4-5-21(27)22(28)25-19-10-6-17(7-11-19)23(29)26-14-2-1-3-15-26/h6-13,21H,1-5,14-16H2,(H,25,28). The Morgan fingerprint density at radius 2 is 1.53 bits per heavy atom. The van der Waals surface area contributed by atoms with Crippen molar-refractivity contribution in [3.05, 3.63) is 59.9 Å². The molecule has 1 unspecified atom stereocenters. The zero-order chi connectivity index (χ0) is 22.7. The fourth-order valence-electron chi connectivity index (χ4n) is 4.23.